The quantitative estimate of drug-likeness (QED) is 0.416. The smallest absolute Gasteiger partial charge is 0.303 e. The topological polar surface area (TPSA) is 147 Å². The molecule has 2 aliphatic carbocycles. The number of esters is 2. The molecule has 4 aliphatic heterocycles. The van der Waals surface area contributed by atoms with Crippen molar-refractivity contribution in [1.29, 1.82) is 0 Å². The third-order valence-electron chi connectivity index (χ3n) is 8.91. The van der Waals surface area contributed by atoms with Gasteiger partial charge in [0.1, 0.15) is 60.9 Å². The second-order valence-electron chi connectivity index (χ2n) is 14.3. The molecule has 0 aromatic carbocycles. The summed E-state index contributed by atoms with van der Waals surface area (Å²) < 4.78 is 62.9. The zero-order valence-electron chi connectivity index (χ0n) is 27.2. The maximum absolute atomic E-state index is 14.1. The molecule has 1 amide bonds. The average Bonchev–Trinajstić information content (AvgIpc) is 3.54. The van der Waals surface area contributed by atoms with Crippen LogP contribution in [0, 0.1) is 0 Å². The van der Waals surface area contributed by atoms with Crippen LogP contribution in [0.3, 0.4) is 0 Å². The highest BCUT2D eigenvalue weighted by molar-refractivity contribution is 5.75. The van der Waals surface area contributed by atoms with Crippen molar-refractivity contribution in [3.8, 4) is 0 Å². The lowest BCUT2D eigenvalue weighted by Crippen LogP contribution is -2.75. The minimum Gasteiger partial charge on any atom is -0.457 e. The zero-order valence-corrected chi connectivity index (χ0v) is 27.2. The maximum atomic E-state index is 14.1. The number of ether oxygens (including phenoxy) is 10. The Morgan fingerprint density at radius 1 is 0.455 bits per heavy atom. The summed E-state index contributed by atoms with van der Waals surface area (Å²) in [5, 5.41) is 0. The number of carbonyl (C=O) groups is 3. The molecule has 44 heavy (non-hydrogen) atoms. The van der Waals surface area contributed by atoms with Crippen molar-refractivity contribution in [3.05, 3.63) is 0 Å². The number of rotatable bonds is 4. The van der Waals surface area contributed by atoms with Crippen LogP contribution in [0.5, 0.6) is 0 Å². The summed E-state index contributed by atoms with van der Waals surface area (Å²) in [5.74, 6) is -5.80. The van der Waals surface area contributed by atoms with E-state index in [4.69, 9.17) is 47.4 Å². The van der Waals surface area contributed by atoms with Crippen LogP contribution >= 0.6 is 0 Å². The Morgan fingerprint density at radius 2 is 0.705 bits per heavy atom. The molecule has 0 aromatic rings. The molecule has 6 rings (SSSR count). The fourth-order valence-corrected chi connectivity index (χ4v) is 7.99. The first kappa shape index (κ1) is 32.0. The van der Waals surface area contributed by atoms with Crippen LogP contribution in [0.4, 0.5) is 0 Å². The van der Waals surface area contributed by atoms with Crippen molar-refractivity contribution in [2.75, 3.05) is 0 Å². The van der Waals surface area contributed by atoms with Gasteiger partial charge in [0.25, 0.3) is 0 Å². The zero-order chi connectivity index (χ0) is 32.3. The lowest BCUT2D eigenvalue weighted by atomic mass is 9.77. The van der Waals surface area contributed by atoms with E-state index in [1.807, 2.05) is 0 Å². The number of nitrogens with zero attached hydrogens (tertiary/aromatic N) is 1. The second-order valence-corrected chi connectivity index (χ2v) is 14.3. The van der Waals surface area contributed by atoms with Crippen LogP contribution < -0.4 is 0 Å². The molecule has 0 bridgehead atoms. The van der Waals surface area contributed by atoms with Gasteiger partial charge in [-0.15, -0.1) is 0 Å². The highest BCUT2D eigenvalue weighted by atomic mass is 16.8. The van der Waals surface area contributed by atoms with Crippen LogP contribution in [0.1, 0.15) is 76.2 Å². The predicted molar refractivity (Wildman–Crippen MR) is 147 cm³/mol. The molecular formula is C30H45NO13. The van der Waals surface area contributed by atoms with Crippen LogP contribution in [0.25, 0.3) is 0 Å². The van der Waals surface area contributed by atoms with Gasteiger partial charge in [-0.1, -0.05) is 0 Å². The Morgan fingerprint density at radius 3 is 0.977 bits per heavy atom. The molecule has 0 spiro atoms. The number of fused-ring (bicyclic) bond motifs is 6. The molecule has 12 atom stereocenters. The summed E-state index contributed by atoms with van der Waals surface area (Å²) in [5.41, 5.74) is 0. The number of amides is 1. The Kier molecular flexibility index (Phi) is 7.50. The normalized spacial score (nSPS) is 45.4. The van der Waals surface area contributed by atoms with E-state index in [0.29, 0.717) is 0 Å². The van der Waals surface area contributed by atoms with Gasteiger partial charge in [-0.3, -0.25) is 14.4 Å². The monoisotopic (exact) mass is 627 g/mol. The van der Waals surface area contributed by atoms with Gasteiger partial charge in [-0.25, -0.2) is 0 Å². The van der Waals surface area contributed by atoms with Crippen LogP contribution in [-0.2, 0) is 61.8 Å². The van der Waals surface area contributed by atoms with Crippen molar-refractivity contribution < 1.29 is 61.8 Å². The van der Waals surface area contributed by atoms with E-state index in [2.05, 4.69) is 0 Å². The fourth-order valence-electron chi connectivity index (χ4n) is 7.99. The van der Waals surface area contributed by atoms with E-state index >= 15 is 0 Å². The summed E-state index contributed by atoms with van der Waals surface area (Å²) in [6.45, 7) is 18.1. The van der Waals surface area contributed by atoms with E-state index in [9.17, 15) is 14.4 Å². The third kappa shape index (κ3) is 5.44. The first-order chi connectivity index (χ1) is 20.2. The van der Waals surface area contributed by atoms with Gasteiger partial charge in [0, 0.05) is 20.8 Å². The molecule has 14 nitrogen and oxygen atoms in total. The maximum Gasteiger partial charge on any atom is 0.303 e. The van der Waals surface area contributed by atoms with Gasteiger partial charge in [0.2, 0.25) is 5.91 Å². The van der Waals surface area contributed by atoms with Gasteiger partial charge in [-0.05, 0) is 55.4 Å². The predicted octanol–water partition coefficient (Wildman–Crippen LogP) is 1.54. The summed E-state index contributed by atoms with van der Waals surface area (Å²) in [6, 6.07) is -1.96. The lowest BCUT2D eigenvalue weighted by molar-refractivity contribution is -0.216. The van der Waals surface area contributed by atoms with Crippen molar-refractivity contribution in [1.82, 2.24) is 4.90 Å². The molecule has 2 saturated carbocycles. The van der Waals surface area contributed by atoms with Gasteiger partial charge in [0.05, 0.1) is 0 Å². The Hall–Kier alpha value is -1.91. The Balaban J connectivity index is 1.52. The molecule has 0 unspecified atom stereocenters. The summed E-state index contributed by atoms with van der Waals surface area (Å²) in [6.07, 6.45) is -8.15. The average molecular weight is 628 g/mol. The van der Waals surface area contributed by atoms with E-state index in [1.54, 1.807) is 55.4 Å². The van der Waals surface area contributed by atoms with E-state index in [1.165, 1.54) is 25.7 Å². The SMILES string of the molecule is CC(=O)O[C@H]1[C@@H]2OC(C)(C)O[C@@H]2[C@H]2OC(C)(C)O[C@H]2[C@@H]1N(C(C)=O)[C@H]1[C@@H]2OC(C)(C)O[C@@H]2[C@H]2OC(C)(C)O[C@H]2[C@@H]1OC(C)=O. The summed E-state index contributed by atoms with van der Waals surface area (Å²) in [4.78, 5) is 40.9. The Labute approximate surface area is 257 Å². The molecule has 0 radical (unpaired) electrons. The number of hydrogen-bond acceptors (Lipinski definition) is 13. The van der Waals surface area contributed by atoms with Crippen LogP contribution in [-0.4, -0.2) is 119 Å². The van der Waals surface area contributed by atoms with E-state index < -0.39 is 114 Å². The second kappa shape index (κ2) is 10.3. The summed E-state index contributed by atoms with van der Waals surface area (Å²) >= 11 is 0. The van der Waals surface area contributed by atoms with Crippen molar-refractivity contribution in [2.45, 2.75) is 172 Å². The molecule has 0 N–H and O–H groups in total. The van der Waals surface area contributed by atoms with Crippen molar-refractivity contribution in [3.63, 3.8) is 0 Å². The van der Waals surface area contributed by atoms with Gasteiger partial charge in [0.15, 0.2) is 35.4 Å². The molecule has 0 aromatic heterocycles. The van der Waals surface area contributed by atoms with Crippen LogP contribution in [0.2, 0.25) is 0 Å². The first-order valence-electron chi connectivity index (χ1n) is 15.3. The van der Waals surface area contributed by atoms with Gasteiger partial charge < -0.3 is 52.3 Å². The number of carbonyl (C=O) groups excluding carboxylic acids is 3. The standard InChI is InChI=1S/C30H45NO13/c1-12(32)31(15-17(35-13(2)33)21-25(43-29(8,9)39-21)23-19(15)37-27(4,5)41-23)16-18(36-14(3)34)22-26(44-30(10,11)40-22)24-20(16)38-28(6,7)42-24/h15-26H,1-11H3/t15-,16-,17-,18-,19+,20+,21+,22+,23+,24+,25+,26+/m1/s1. The molecule has 6 fully saturated rings. The van der Waals surface area contributed by atoms with Crippen molar-refractivity contribution >= 4 is 17.8 Å². The largest absolute Gasteiger partial charge is 0.457 e. The summed E-state index contributed by atoms with van der Waals surface area (Å²) in [7, 11) is 0. The minimum atomic E-state index is -1.07. The first-order valence-corrected chi connectivity index (χ1v) is 15.3. The van der Waals surface area contributed by atoms with Crippen molar-refractivity contribution in [2.24, 2.45) is 0 Å². The van der Waals surface area contributed by atoms with Gasteiger partial charge in [-0.2, -0.15) is 0 Å². The fraction of sp³-hybridized carbons (Fsp3) is 0.900. The van der Waals surface area contributed by atoms with E-state index in [-0.39, 0.29) is 0 Å². The third-order valence-corrected chi connectivity index (χ3v) is 8.91. The molecule has 14 heteroatoms. The highest BCUT2D eigenvalue weighted by Crippen LogP contribution is 2.51. The molecular weight excluding hydrogens is 582 g/mol. The van der Waals surface area contributed by atoms with Crippen LogP contribution in [0.15, 0.2) is 0 Å². The molecule has 4 heterocycles. The van der Waals surface area contributed by atoms with Gasteiger partial charge >= 0.3 is 11.9 Å². The molecule has 6 aliphatic rings. The lowest BCUT2D eigenvalue weighted by Gasteiger charge is -2.53. The molecule has 248 valence electrons. The minimum absolute atomic E-state index is 0.415. The highest BCUT2D eigenvalue weighted by Gasteiger charge is 2.71. The van der Waals surface area contributed by atoms with E-state index in [0.717, 1.165) is 0 Å². The Bertz CT molecular complexity index is 1120. The molecule has 4 saturated heterocycles. The number of hydrogen-bond donors (Lipinski definition) is 0.